The Morgan fingerprint density at radius 1 is 1.11 bits per heavy atom. The molecule has 1 aromatic heterocycles. The van der Waals surface area contributed by atoms with Crippen LogP contribution in [0.2, 0.25) is 0 Å². The normalized spacial score (nSPS) is 11.3. The highest BCUT2D eigenvalue weighted by Gasteiger charge is 2.16. The van der Waals surface area contributed by atoms with Gasteiger partial charge in [0.05, 0.1) is 0 Å². The lowest BCUT2D eigenvalue weighted by Crippen LogP contribution is -2.27. The summed E-state index contributed by atoms with van der Waals surface area (Å²) in [6, 6.07) is 13.1. The van der Waals surface area contributed by atoms with Crippen molar-refractivity contribution in [1.82, 2.24) is 10.1 Å². The summed E-state index contributed by atoms with van der Waals surface area (Å²) >= 11 is 0. The molecule has 7 heteroatoms. The highest BCUT2D eigenvalue weighted by Crippen LogP contribution is 2.21. The van der Waals surface area contributed by atoms with Crippen LogP contribution in [0.4, 0.5) is 14.9 Å². The van der Waals surface area contributed by atoms with E-state index in [1.165, 1.54) is 12.1 Å². The van der Waals surface area contributed by atoms with Crippen molar-refractivity contribution in [1.29, 1.82) is 0 Å². The van der Waals surface area contributed by atoms with Crippen LogP contribution in [0.15, 0.2) is 53.1 Å². The van der Waals surface area contributed by atoms with E-state index in [0.717, 1.165) is 11.1 Å². The van der Waals surface area contributed by atoms with Crippen LogP contribution in [-0.2, 0) is 11.2 Å². The molecule has 3 aromatic rings. The minimum atomic E-state index is -0.561. The van der Waals surface area contributed by atoms with E-state index in [9.17, 15) is 9.18 Å². The number of rotatable bonds is 4. The smallest absolute Gasteiger partial charge is 0.412 e. The highest BCUT2D eigenvalue weighted by atomic mass is 19.1. The first-order valence-corrected chi connectivity index (χ1v) is 8.46. The predicted octanol–water partition coefficient (Wildman–Crippen LogP) is 4.81. The molecule has 0 bridgehead atoms. The standard InChI is InChI=1S/C20H20FN3O3/c1-20(2,3)26-19(25)22-16-10-6-14(7-11-16)18-23-17(24-27-18)12-13-4-8-15(21)9-5-13/h4-11H,12H2,1-3H3,(H,22,25). The summed E-state index contributed by atoms with van der Waals surface area (Å²) in [6.45, 7) is 5.40. The molecule has 0 fully saturated rings. The van der Waals surface area contributed by atoms with Gasteiger partial charge < -0.3 is 9.26 Å². The molecular formula is C20H20FN3O3. The number of anilines is 1. The van der Waals surface area contributed by atoms with Crippen LogP contribution >= 0.6 is 0 Å². The molecule has 3 rings (SSSR count). The van der Waals surface area contributed by atoms with Crippen molar-refractivity contribution >= 4 is 11.8 Å². The summed E-state index contributed by atoms with van der Waals surface area (Å²) < 4.78 is 23.5. The number of carbonyl (C=O) groups excluding carboxylic acids is 1. The van der Waals surface area contributed by atoms with E-state index in [4.69, 9.17) is 9.26 Å². The Labute approximate surface area is 156 Å². The fourth-order valence-corrected chi connectivity index (χ4v) is 2.35. The summed E-state index contributed by atoms with van der Waals surface area (Å²) in [6.07, 6.45) is -0.0724. The quantitative estimate of drug-likeness (QED) is 0.714. The first kappa shape index (κ1) is 18.6. The van der Waals surface area contributed by atoms with Crippen LogP contribution in [0.3, 0.4) is 0 Å². The number of carbonyl (C=O) groups is 1. The fraction of sp³-hybridized carbons (Fsp3) is 0.250. The molecule has 0 saturated carbocycles. The summed E-state index contributed by atoms with van der Waals surface area (Å²) in [5.41, 5.74) is 1.65. The number of nitrogens with zero attached hydrogens (tertiary/aromatic N) is 2. The molecular weight excluding hydrogens is 349 g/mol. The molecule has 0 aliphatic rings. The van der Waals surface area contributed by atoms with Gasteiger partial charge >= 0.3 is 6.09 Å². The van der Waals surface area contributed by atoms with Crippen molar-refractivity contribution in [2.75, 3.05) is 5.32 Å². The van der Waals surface area contributed by atoms with Gasteiger partial charge in [-0.2, -0.15) is 4.98 Å². The van der Waals surface area contributed by atoms with Crippen LogP contribution in [0.25, 0.3) is 11.5 Å². The summed E-state index contributed by atoms with van der Waals surface area (Å²) in [7, 11) is 0. The van der Waals surface area contributed by atoms with Crippen LogP contribution in [0.1, 0.15) is 32.2 Å². The second-order valence-corrected chi connectivity index (χ2v) is 7.02. The predicted molar refractivity (Wildman–Crippen MR) is 98.8 cm³/mol. The molecule has 0 unspecified atom stereocenters. The molecule has 1 heterocycles. The summed E-state index contributed by atoms with van der Waals surface area (Å²) in [5, 5.41) is 6.61. The molecule has 27 heavy (non-hydrogen) atoms. The lowest BCUT2D eigenvalue weighted by Gasteiger charge is -2.19. The Hall–Kier alpha value is -3.22. The molecule has 140 valence electrons. The third-order valence-corrected chi connectivity index (χ3v) is 3.52. The SMILES string of the molecule is CC(C)(C)OC(=O)Nc1ccc(-c2nc(Cc3ccc(F)cc3)no2)cc1. The number of halogens is 1. The van der Waals surface area contributed by atoms with E-state index < -0.39 is 11.7 Å². The topological polar surface area (TPSA) is 77.2 Å². The Kier molecular flexibility index (Phi) is 5.21. The summed E-state index contributed by atoms with van der Waals surface area (Å²) in [5.74, 6) is 0.594. The fourth-order valence-electron chi connectivity index (χ4n) is 2.35. The number of ether oxygens (including phenoxy) is 1. The van der Waals surface area contributed by atoms with Gasteiger partial charge in [0.15, 0.2) is 5.82 Å². The van der Waals surface area contributed by atoms with Crippen molar-refractivity contribution in [3.8, 4) is 11.5 Å². The average molecular weight is 369 g/mol. The van der Waals surface area contributed by atoms with Gasteiger partial charge in [-0.3, -0.25) is 5.32 Å². The highest BCUT2D eigenvalue weighted by molar-refractivity contribution is 5.85. The molecule has 0 spiro atoms. The molecule has 0 aliphatic carbocycles. The first-order chi connectivity index (χ1) is 12.8. The number of amides is 1. The lowest BCUT2D eigenvalue weighted by molar-refractivity contribution is 0.0636. The Morgan fingerprint density at radius 3 is 2.41 bits per heavy atom. The van der Waals surface area contributed by atoms with E-state index in [1.807, 2.05) is 0 Å². The van der Waals surface area contributed by atoms with Gasteiger partial charge in [0.25, 0.3) is 5.89 Å². The molecule has 0 aliphatic heterocycles. The van der Waals surface area contributed by atoms with Gasteiger partial charge in [-0.15, -0.1) is 0 Å². The minimum absolute atomic E-state index is 0.285. The number of aromatic nitrogens is 2. The van der Waals surface area contributed by atoms with Gasteiger partial charge in [-0.25, -0.2) is 9.18 Å². The van der Waals surface area contributed by atoms with Crippen LogP contribution in [0.5, 0.6) is 0 Å². The Balaban J connectivity index is 1.64. The monoisotopic (exact) mass is 369 g/mol. The summed E-state index contributed by atoms with van der Waals surface area (Å²) in [4.78, 5) is 16.1. The number of hydrogen-bond donors (Lipinski definition) is 1. The van der Waals surface area contributed by atoms with Crippen molar-refractivity contribution in [3.05, 3.63) is 65.7 Å². The average Bonchev–Trinajstić information content (AvgIpc) is 3.04. The third kappa shape index (κ3) is 5.37. The van der Waals surface area contributed by atoms with Crippen molar-refractivity contribution < 1.29 is 18.4 Å². The number of benzene rings is 2. The van der Waals surface area contributed by atoms with Crippen molar-refractivity contribution in [3.63, 3.8) is 0 Å². The third-order valence-electron chi connectivity index (χ3n) is 3.52. The van der Waals surface area contributed by atoms with Gasteiger partial charge in [-0.05, 0) is 62.7 Å². The van der Waals surface area contributed by atoms with Crippen LogP contribution in [-0.4, -0.2) is 21.8 Å². The molecule has 0 atom stereocenters. The Bertz CT molecular complexity index is 913. The van der Waals surface area contributed by atoms with E-state index in [-0.39, 0.29) is 5.82 Å². The van der Waals surface area contributed by atoms with Crippen LogP contribution in [0, 0.1) is 5.82 Å². The van der Waals surface area contributed by atoms with Gasteiger partial charge in [-0.1, -0.05) is 17.3 Å². The maximum Gasteiger partial charge on any atom is 0.412 e. The number of nitrogens with one attached hydrogen (secondary N) is 1. The second kappa shape index (κ2) is 7.57. The van der Waals surface area contributed by atoms with E-state index in [1.54, 1.807) is 57.2 Å². The molecule has 6 nitrogen and oxygen atoms in total. The molecule has 2 aromatic carbocycles. The lowest BCUT2D eigenvalue weighted by atomic mass is 10.1. The largest absolute Gasteiger partial charge is 0.444 e. The maximum atomic E-state index is 13.0. The second-order valence-electron chi connectivity index (χ2n) is 7.02. The molecule has 1 N–H and O–H groups in total. The van der Waals surface area contributed by atoms with E-state index in [2.05, 4.69) is 15.5 Å². The molecule has 0 saturated heterocycles. The first-order valence-electron chi connectivity index (χ1n) is 8.46. The molecule has 0 radical (unpaired) electrons. The van der Waals surface area contributed by atoms with Crippen molar-refractivity contribution in [2.24, 2.45) is 0 Å². The zero-order valence-corrected chi connectivity index (χ0v) is 15.3. The maximum absolute atomic E-state index is 13.0. The zero-order valence-electron chi connectivity index (χ0n) is 15.3. The van der Waals surface area contributed by atoms with Gasteiger partial charge in [0.1, 0.15) is 11.4 Å². The van der Waals surface area contributed by atoms with Gasteiger partial charge in [0.2, 0.25) is 0 Å². The van der Waals surface area contributed by atoms with E-state index >= 15 is 0 Å². The Morgan fingerprint density at radius 2 is 1.78 bits per heavy atom. The molecule has 1 amide bonds. The van der Waals surface area contributed by atoms with Crippen molar-refractivity contribution in [2.45, 2.75) is 32.8 Å². The minimum Gasteiger partial charge on any atom is -0.444 e. The zero-order chi connectivity index (χ0) is 19.4. The van der Waals surface area contributed by atoms with Crippen LogP contribution < -0.4 is 5.32 Å². The number of hydrogen-bond acceptors (Lipinski definition) is 5. The van der Waals surface area contributed by atoms with Gasteiger partial charge in [0, 0.05) is 17.7 Å². The van der Waals surface area contributed by atoms with E-state index in [0.29, 0.717) is 23.8 Å².